The molecule has 0 heterocycles. The number of hydrogen-bond acceptors (Lipinski definition) is 2. The summed E-state index contributed by atoms with van der Waals surface area (Å²) in [5.74, 6) is 0. The zero-order valence-electron chi connectivity index (χ0n) is 5.83. The largest absolute Gasteiger partial charge is 0.259 e. The molecule has 0 aromatic rings. The van der Waals surface area contributed by atoms with Gasteiger partial charge in [0.05, 0.1) is 4.92 Å². The molecule has 0 aliphatic heterocycles. The van der Waals surface area contributed by atoms with Gasteiger partial charge >= 0.3 is 0 Å². The van der Waals surface area contributed by atoms with Crippen LogP contribution in [0, 0.1) is 10.1 Å². The average molecular weight is 139 g/mol. The standard InChI is InChI=1S/C7H9NO2/c1-6-2-4-7(5-3-6)8(9)10/h2,4H,3,5H2,1H3. The van der Waals surface area contributed by atoms with Gasteiger partial charge in [-0.05, 0) is 13.3 Å². The van der Waals surface area contributed by atoms with Crippen LogP contribution in [0.15, 0.2) is 23.4 Å². The van der Waals surface area contributed by atoms with Gasteiger partial charge in [0.15, 0.2) is 0 Å². The molecule has 1 rings (SSSR count). The number of nitro groups is 1. The maximum Gasteiger partial charge on any atom is 0.246 e. The lowest BCUT2D eigenvalue weighted by Crippen LogP contribution is -2.01. The average Bonchev–Trinajstić information content (AvgIpc) is 1.88. The summed E-state index contributed by atoms with van der Waals surface area (Å²) >= 11 is 0. The molecular weight excluding hydrogens is 130 g/mol. The van der Waals surface area contributed by atoms with Crippen molar-refractivity contribution < 1.29 is 4.92 Å². The Bertz CT molecular complexity index is 216. The summed E-state index contributed by atoms with van der Waals surface area (Å²) in [5.41, 5.74) is 1.54. The Hall–Kier alpha value is -1.12. The van der Waals surface area contributed by atoms with E-state index in [0.717, 1.165) is 6.42 Å². The Morgan fingerprint density at radius 1 is 1.50 bits per heavy atom. The predicted molar refractivity (Wildman–Crippen MR) is 38.1 cm³/mol. The van der Waals surface area contributed by atoms with E-state index in [1.165, 1.54) is 5.57 Å². The van der Waals surface area contributed by atoms with E-state index in [0.29, 0.717) is 12.1 Å². The Kier molecular flexibility index (Phi) is 1.85. The summed E-state index contributed by atoms with van der Waals surface area (Å²) < 4.78 is 0. The second kappa shape index (κ2) is 2.64. The Morgan fingerprint density at radius 2 is 2.20 bits per heavy atom. The lowest BCUT2D eigenvalue weighted by atomic mass is 10.0. The van der Waals surface area contributed by atoms with Gasteiger partial charge in [-0.1, -0.05) is 11.6 Å². The lowest BCUT2D eigenvalue weighted by molar-refractivity contribution is -0.428. The minimum Gasteiger partial charge on any atom is -0.259 e. The number of nitrogens with zero attached hydrogens (tertiary/aromatic N) is 1. The van der Waals surface area contributed by atoms with Crippen molar-refractivity contribution in [1.82, 2.24) is 0 Å². The highest BCUT2D eigenvalue weighted by Gasteiger charge is 2.12. The van der Waals surface area contributed by atoms with Gasteiger partial charge < -0.3 is 0 Å². The molecule has 0 radical (unpaired) electrons. The predicted octanol–water partition coefficient (Wildman–Crippen LogP) is 1.89. The van der Waals surface area contributed by atoms with Crippen LogP contribution in [0.25, 0.3) is 0 Å². The van der Waals surface area contributed by atoms with Gasteiger partial charge in [0, 0.05) is 12.5 Å². The normalized spacial score (nSPS) is 17.7. The molecule has 0 spiro atoms. The first-order valence-corrected chi connectivity index (χ1v) is 3.21. The zero-order chi connectivity index (χ0) is 7.56. The van der Waals surface area contributed by atoms with Crippen LogP contribution in [0.2, 0.25) is 0 Å². The van der Waals surface area contributed by atoms with Gasteiger partial charge in [-0.3, -0.25) is 10.1 Å². The van der Waals surface area contributed by atoms with Crippen molar-refractivity contribution in [2.24, 2.45) is 0 Å². The minimum atomic E-state index is -0.317. The van der Waals surface area contributed by atoms with E-state index in [1.807, 2.05) is 13.0 Å². The van der Waals surface area contributed by atoms with E-state index < -0.39 is 0 Å². The van der Waals surface area contributed by atoms with Crippen LogP contribution in [-0.4, -0.2) is 4.92 Å². The third-order valence-electron chi connectivity index (χ3n) is 1.57. The van der Waals surface area contributed by atoms with Crippen molar-refractivity contribution >= 4 is 0 Å². The van der Waals surface area contributed by atoms with E-state index in [-0.39, 0.29) is 4.92 Å². The molecule has 0 unspecified atom stereocenters. The number of hydrogen-bond donors (Lipinski definition) is 0. The summed E-state index contributed by atoms with van der Waals surface area (Å²) in [6.45, 7) is 1.98. The van der Waals surface area contributed by atoms with E-state index >= 15 is 0 Å². The first kappa shape index (κ1) is 6.99. The first-order valence-electron chi connectivity index (χ1n) is 3.21. The molecule has 0 amide bonds. The van der Waals surface area contributed by atoms with Crippen LogP contribution in [0.1, 0.15) is 19.8 Å². The van der Waals surface area contributed by atoms with Crippen LogP contribution in [0.3, 0.4) is 0 Å². The lowest BCUT2D eigenvalue weighted by Gasteiger charge is -2.03. The van der Waals surface area contributed by atoms with Crippen molar-refractivity contribution in [3.8, 4) is 0 Å². The SMILES string of the molecule is CC1=CC=C([N+](=O)[O-])CC1. The topological polar surface area (TPSA) is 43.1 Å². The van der Waals surface area contributed by atoms with Crippen LogP contribution in [0.4, 0.5) is 0 Å². The summed E-state index contributed by atoms with van der Waals surface area (Å²) in [6, 6.07) is 0. The molecule has 3 heteroatoms. The molecule has 1 aliphatic carbocycles. The van der Waals surface area contributed by atoms with Crippen LogP contribution < -0.4 is 0 Å². The maximum absolute atomic E-state index is 10.2. The van der Waals surface area contributed by atoms with Gasteiger partial charge in [0.1, 0.15) is 0 Å². The van der Waals surface area contributed by atoms with Crippen LogP contribution in [-0.2, 0) is 0 Å². The number of rotatable bonds is 1. The monoisotopic (exact) mass is 139 g/mol. The van der Waals surface area contributed by atoms with Crippen LogP contribution >= 0.6 is 0 Å². The fourth-order valence-corrected chi connectivity index (χ4v) is 0.883. The van der Waals surface area contributed by atoms with Crippen molar-refractivity contribution in [2.75, 3.05) is 0 Å². The quantitative estimate of drug-likeness (QED) is 0.411. The third kappa shape index (κ3) is 1.43. The fourth-order valence-electron chi connectivity index (χ4n) is 0.883. The molecule has 0 aromatic heterocycles. The molecule has 0 bridgehead atoms. The Morgan fingerprint density at radius 3 is 2.60 bits per heavy atom. The van der Waals surface area contributed by atoms with E-state index in [2.05, 4.69) is 0 Å². The van der Waals surface area contributed by atoms with Gasteiger partial charge in [0.2, 0.25) is 5.70 Å². The van der Waals surface area contributed by atoms with E-state index in [9.17, 15) is 10.1 Å². The maximum atomic E-state index is 10.2. The molecule has 54 valence electrons. The number of allylic oxidation sites excluding steroid dienone is 4. The molecule has 0 fully saturated rings. The van der Waals surface area contributed by atoms with Gasteiger partial charge in [-0.15, -0.1) is 0 Å². The molecule has 0 N–H and O–H groups in total. The highest BCUT2D eigenvalue weighted by Crippen LogP contribution is 2.17. The second-order valence-electron chi connectivity index (χ2n) is 2.43. The molecule has 0 saturated heterocycles. The smallest absolute Gasteiger partial charge is 0.246 e. The molecular formula is C7H9NO2. The summed E-state index contributed by atoms with van der Waals surface area (Å²) in [4.78, 5) is 9.85. The second-order valence-corrected chi connectivity index (χ2v) is 2.43. The van der Waals surface area contributed by atoms with Crippen molar-refractivity contribution in [2.45, 2.75) is 19.8 Å². The van der Waals surface area contributed by atoms with Crippen molar-refractivity contribution in [3.63, 3.8) is 0 Å². The van der Waals surface area contributed by atoms with Gasteiger partial charge in [-0.2, -0.15) is 0 Å². The minimum absolute atomic E-state index is 0.317. The summed E-state index contributed by atoms with van der Waals surface area (Å²) in [5, 5.41) is 10.2. The van der Waals surface area contributed by atoms with Gasteiger partial charge in [0.25, 0.3) is 0 Å². The molecule has 3 nitrogen and oxygen atoms in total. The van der Waals surface area contributed by atoms with Crippen molar-refractivity contribution in [1.29, 1.82) is 0 Å². The first-order chi connectivity index (χ1) is 4.70. The Labute approximate surface area is 59.2 Å². The van der Waals surface area contributed by atoms with Crippen molar-refractivity contribution in [3.05, 3.63) is 33.5 Å². The Balaban J connectivity index is 2.74. The van der Waals surface area contributed by atoms with Crippen LogP contribution in [0.5, 0.6) is 0 Å². The third-order valence-corrected chi connectivity index (χ3v) is 1.57. The summed E-state index contributed by atoms with van der Waals surface area (Å²) in [7, 11) is 0. The van der Waals surface area contributed by atoms with Gasteiger partial charge in [-0.25, -0.2) is 0 Å². The van der Waals surface area contributed by atoms with E-state index in [1.54, 1.807) is 6.08 Å². The molecule has 0 aromatic carbocycles. The highest BCUT2D eigenvalue weighted by molar-refractivity contribution is 5.18. The van der Waals surface area contributed by atoms with E-state index in [4.69, 9.17) is 0 Å². The molecule has 10 heavy (non-hydrogen) atoms. The molecule has 1 aliphatic rings. The molecule has 0 saturated carbocycles. The zero-order valence-corrected chi connectivity index (χ0v) is 5.83. The molecule has 0 atom stereocenters. The summed E-state index contributed by atoms with van der Waals surface area (Å²) in [6.07, 6.45) is 4.79. The highest BCUT2D eigenvalue weighted by atomic mass is 16.6. The fraction of sp³-hybridized carbons (Fsp3) is 0.429.